The summed E-state index contributed by atoms with van der Waals surface area (Å²) in [6.45, 7) is 4.13. The molecule has 8 heteroatoms. The number of benzene rings is 2. The molecule has 2 N–H and O–H groups in total. The first-order chi connectivity index (χ1) is 14.1. The molecule has 1 aliphatic rings. The predicted octanol–water partition coefficient (Wildman–Crippen LogP) is 3.99. The smallest absolute Gasteiger partial charge is 0.229 e. The van der Waals surface area contributed by atoms with Crippen molar-refractivity contribution in [2.45, 2.75) is 0 Å². The normalized spacial score (nSPS) is 14.7. The maximum absolute atomic E-state index is 13.8. The highest BCUT2D eigenvalue weighted by Crippen LogP contribution is 2.24. The maximum atomic E-state index is 13.8. The van der Waals surface area contributed by atoms with Gasteiger partial charge in [0.2, 0.25) is 5.95 Å². The standard InChI is InChI=1S/C21H22F2N6/c1-28-11-13-29(14-12-28)16-7-5-15(6-8-16)25-19-9-10-24-21(26-19)27-20-17(22)3-2-4-18(20)23/h2-10H,11-14H2,1H3,(H2,24,25,26,27). The molecule has 0 spiro atoms. The van der Waals surface area contributed by atoms with Crippen LogP contribution in [0.5, 0.6) is 0 Å². The molecule has 0 bridgehead atoms. The highest BCUT2D eigenvalue weighted by Gasteiger charge is 2.14. The van der Waals surface area contributed by atoms with Crippen molar-refractivity contribution in [3.05, 3.63) is 66.4 Å². The number of hydrogen-bond donors (Lipinski definition) is 2. The maximum Gasteiger partial charge on any atom is 0.229 e. The van der Waals surface area contributed by atoms with Gasteiger partial charge in [-0.05, 0) is 49.5 Å². The lowest BCUT2D eigenvalue weighted by atomic mass is 10.2. The Kier molecular flexibility index (Phi) is 5.53. The quantitative estimate of drug-likeness (QED) is 0.680. The van der Waals surface area contributed by atoms with Gasteiger partial charge in [-0.2, -0.15) is 4.98 Å². The molecule has 1 fully saturated rings. The minimum atomic E-state index is -0.702. The van der Waals surface area contributed by atoms with Gasteiger partial charge >= 0.3 is 0 Å². The van der Waals surface area contributed by atoms with E-state index in [2.05, 4.69) is 49.6 Å². The van der Waals surface area contributed by atoms with Gasteiger partial charge in [0.25, 0.3) is 0 Å². The van der Waals surface area contributed by atoms with Crippen LogP contribution in [-0.4, -0.2) is 48.1 Å². The number of halogens is 2. The number of likely N-dealkylation sites (N-methyl/N-ethyl adjacent to an activating group) is 1. The lowest BCUT2D eigenvalue weighted by Crippen LogP contribution is -2.44. The number of nitrogens with one attached hydrogen (secondary N) is 2. The summed E-state index contributed by atoms with van der Waals surface area (Å²) in [5.74, 6) is -0.780. The average Bonchev–Trinajstić information content (AvgIpc) is 2.72. The van der Waals surface area contributed by atoms with Crippen molar-refractivity contribution in [3.63, 3.8) is 0 Å². The van der Waals surface area contributed by atoms with Crippen LogP contribution in [0.3, 0.4) is 0 Å². The Hall–Kier alpha value is -3.26. The zero-order valence-corrected chi connectivity index (χ0v) is 16.1. The fraction of sp³-hybridized carbons (Fsp3) is 0.238. The largest absolute Gasteiger partial charge is 0.369 e. The van der Waals surface area contributed by atoms with Crippen LogP contribution in [0, 0.1) is 11.6 Å². The number of nitrogens with zero attached hydrogens (tertiary/aromatic N) is 4. The Balaban J connectivity index is 1.44. The number of piperazine rings is 1. The van der Waals surface area contributed by atoms with E-state index in [1.165, 1.54) is 30.1 Å². The van der Waals surface area contributed by atoms with Crippen molar-refractivity contribution in [1.29, 1.82) is 0 Å². The van der Waals surface area contributed by atoms with E-state index in [9.17, 15) is 8.78 Å². The van der Waals surface area contributed by atoms with E-state index in [-0.39, 0.29) is 11.6 Å². The second-order valence-corrected chi connectivity index (χ2v) is 6.95. The van der Waals surface area contributed by atoms with Crippen molar-refractivity contribution >= 4 is 28.8 Å². The van der Waals surface area contributed by atoms with E-state index in [0.717, 1.165) is 31.9 Å². The summed E-state index contributed by atoms with van der Waals surface area (Å²) in [5, 5.41) is 5.79. The Labute approximate surface area is 168 Å². The lowest BCUT2D eigenvalue weighted by Gasteiger charge is -2.34. The number of anilines is 5. The molecular weight excluding hydrogens is 374 g/mol. The Morgan fingerprint density at radius 1 is 0.862 bits per heavy atom. The predicted molar refractivity (Wildman–Crippen MR) is 111 cm³/mol. The number of rotatable bonds is 5. The van der Waals surface area contributed by atoms with Gasteiger partial charge in [0.05, 0.1) is 0 Å². The molecule has 0 saturated carbocycles. The number of para-hydroxylation sites is 1. The highest BCUT2D eigenvalue weighted by atomic mass is 19.1. The van der Waals surface area contributed by atoms with Crippen molar-refractivity contribution in [2.24, 2.45) is 0 Å². The average molecular weight is 396 g/mol. The van der Waals surface area contributed by atoms with Crippen molar-refractivity contribution in [1.82, 2.24) is 14.9 Å². The van der Waals surface area contributed by atoms with Gasteiger partial charge in [-0.1, -0.05) is 6.07 Å². The van der Waals surface area contributed by atoms with Crippen molar-refractivity contribution < 1.29 is 8.78 Å². The van der Waals surface area contributed by atoms with Gasteiger partial charge in [-0.15, -0.1) is 0 Å². The van der Waals surface area contributed by atoms with E-state index in [0.29, 0.717) is 5.82 Å². The molecular formula is C21H22F2N6. The first-order valence-electron chi connectivity index (χ1n) is 9.43. The van der Waals surface area contributed by atoms with Crippen LogP contribution >= 0.6 is 0 Å². The Morgan fingerprint density at radius 2 is 1.55 bits per heavy atom. The summed E-state index contributed by atoms with van der Waals surface area (Å²) in [6.07, 6.45) is 1.52. The summed E-state index contributed by atoms with van der Waals surface area (Å²) in [6, 6.07) is 13.5. The van der Waals surface area contributed by atoms with Crippen LogP contribution in [0.4, 0.5) is 37.6 Å². The number of aromatic nitrogens is 2. The lowest BCUT2D eigenvalue weighted by molar-refractivity contribution is 0.313. The van der Waals surface area contributed by atoms with Gasteiger partial charge < -0.3 is 20.4 Å². The van der Waals surface area contributed by atoms with Crippen LogP contribution in [0.2, 0.25) is 0 Å². The summed E-state index contributed by atoms with van der Waals surface area (Å²) < 4.78 is 27.6. The molecule has 3 aromatic rings. The van der Waals surface area contributed by atoms with Gasteiger partial charge in [-0.25, -0.2) is 13.8 Å². The molecule has 0 unspecified atom stereocenters. The SMILES string of the molecule is CN1CCN(c2ccc(Nc3ccnc(Nc4c(F)cccc4F)n3)cc2)CC1. The minimum absolute atomic E-state index is 0.105. The third-order valence-corrected chi connectivity index (χ3v) is 4.86. The van der Waals surface area contributed by atoms with E-state index in [1.54, 1.807) is 6.07 Å². The first-order valence-corrected chi connectivity index (χ1v) is 9.43. The molecule has 1 aromatic heterocycles. The Morgan fingerprint density at radius 3 is 2.24 bits per heavy atom. The summed E-state index contributed by atoms with van der Waals surface area (Å²) in [4.78, 5) is 13.0. The van der Waals surface area contributed by atoms with E-state index in [1.807, 2.05) is 12.1 Å². The molecule has 2 aromatic carbocycles. The molecule has 0 radical (unpaired) electrons. The van der Waals surface area contributed by atoms with Crippen LogP contribution in [-0.2, 0) is 0 Å². The molecule has 1 saturated heterocycles. The van der Waals surface area contributed by atoms with Crippen LogP contribution in [0.1, 0.15) is 0 Å². The van der Waals surface area contributed by atoms with Crippen molar-refractivity contribution in [3.8, 4) is 0 Å². The first kappa shape index (κ1) is 19.1. The third kappa shape index (κ3) is 4.60. The van der Waals surface area contributed by atoms with E-state index >= 15 is 0 Å². The minimum Gasteiger partial charge on any atom is -0.369 e. The number of hydrogen-bond acceptors (Lipinski definition) is 6. The van der Waals surface area contributed by atoms with E-state index < -0.39 is 11.6 Å². The molecule has 4 rings (SSSR count). The molecule has 0 aliphatic carbocycles. The van der Waals surface area contributed by atoms with Crippen LogP contribution < -0.4 is 15.5 Å². The fourth-order valence-electron chi connectivity index (χ4n) is 3.19. The van der Waals surface area contributed by atoms with Crippen molar-refractivity contribution in [2.75, 3.05) is 48.8 Å². The van der Waals surface area contributed by atoms with Crippen LogP contribution in [0.25, 0.3) is 0 Å². The van der Waals surface area contributed by atoms with Crippen LogP contribution in [0.15, 0.2) is 54.7 Å². The zero-order chi connectivity index (χ0) is 20.2. The summed E-state index contributed by atoms with van der Waals surface area (Å²) in [7, 11) is 2.13. The molecule has 1 aliphatic heterocycles. The molecule has 2 heterocycles. The molecule has 150 valence electrons. The van der Waals surface area contributed by atoms with Gasteiger partial charge in [0.1, 0.15) is 23.1 Å². The third-order valence-electron chi connectivity index (χ3n) is 4.86. The molecule has 0 amide bonds. The summed E-state index contributed by atoms with van der Waals surface area (Å²) >= 11 is 0. The van der Waals surface area contributed by atoms with Gasteiger partial charge in [-0.3, -0.25) is 0 Å². The zero-order valence-electron chi connectivity index (χ0n) is 16.1. The van der Waals surface area contributed by atoms with Gasteiger partial charge in [0.15, 0.2) is 0 Å². The summed E-state index contributed by atoms with van der Waals surface area (Å²) in [5.41, 5.74) is 1.77. The van der Waals surface area contributed by atoms with E-state index in [4.69, 9.17) is 0 Å². The Bertz CT molecular complexity index is 951. The highest BCUT2D eigenvalue weighted by molar-refractivity contribution is 5.62. The molecule has 6 nitrogen and oxygen atoms in total. The monoisotopic (exact) mass is 396 g/mol. The van der Waals surface area contributed by atoms with Gasteiger partial charge in [0, 0.05) is 43.8 Å². The fourth-order valence-corrected chi connectivity index (χ4v) is 3.19. The second kappa shape index (κ2) is 8.40. The topological polar surface area (TPSA) is 56.3 Å². The molecule has 29 heavy (non-hydrogen) atoms. The second-order valence-electron chi connectivity index (χ2n) is 6.95. The molecule has 0 atom stereocenters.